The Kier molecular flexibility index (Phi) is 4.30. The van der Waals surface area contributed by atoms with Crippen LogP contribution in [0.1, 0.15) is 29.9 Å². The molecular formula is C19H23N5O. The number of pyridine rings is 1. The topological polar surface area (TPSA) is 85.8 Å². The summed E-state index contributed by atoms with van der Waals surface area (Å²) in [6, 6.07) is 11.6. The number of carbonyl (C=O) groups excluding carboxylic acids is 1. The third kappa shape index (κ3) is 3.25. The first-order chi connectivity index (χ1) is 11.8. The predicted molar refractivity (Wildman–Crippen MR) is 99.3 cm³/mol. The minimum Gasteiger partial charge on any atom is -0.346 e. The number of fused-ring (bicyclic) bond motifs is 1. The van der Waals surface area contributed by atoms with E-state index < -0.39 is 5.54 Å². The van der Waals surface area contributed by atoms with E-state index in [2.05, 4.69) is 10.4 Å². The Morgan fingerprint density at radius 2 is 1.96 bits per heavy atom. The van der Waals surface area contributed by atoms with Crippen LogP contribution < -0.4 is 11.1 Å². The summed E-state index contributed by atoms with van der Waals surface area (Å²) in [5, 5.41) is 8.21. The van der Waals surface area contributed by atoms with Crippen LogP contribution >= 0.6 is 0 Å². The maximum Gasteiger partial charge on any atom is 0.252 e. The Morgan fingerprint density at radius 1 is 1.28 bits per heavy atom. The highest BCUT2D eigenvalue weighted by Gasteiger charge is 2.24. The van der Waals surface area contributed by atoms with E-state index in [-0.39, 0.29) is 5.91 Å². The molecule has 1 amide bonds. The van der Waals surface area contributed by atoms with E-state index in [0.29, 0.717) is 17.8 Å². The summed E-state index contributed by atoms with van der Waals surface area (Å²) in [5.74, 6) is -0.170. The monoisotopic (exact) mass is 337 g/mol. The van der Waals surface area contributed by atoms with Gasteiger partial charge < -0.3 is 11.1 Å². The number of nitrogens with zero attached hydrogens (tertiary/aromatic N) is 3. The fourth-order valence-electron chi connectivity index (χ4n) is 2.81. The van der Waals surface area contributed by atoms with Gasteiger partial charge in [-0.15, -0.1) is 0 Å². The zero-order valence-electron chi connectivity index (χ0n) is 15.0. The van der Waals surface area contributed by atoms with Crippen LogP contribution in [0.4, 0.5) is 0 Å². The van der Waals surface area contributed by atoms with Gasteiger partial charge in [0.25, 0.3) is 5.91 Å². The lowest BCUT2D eigenvalue weighted by Crippen LogP contribution is -2.48. The Bertz CT molecular complexity index is 928. The first kappa shape index (κ1) is 17.1. The Hall–Kier alpha value is -2.73. The number of nitrogens with two attached hydrogens (primary N) is 1. The average molecular weight is 337 g/mol. The Balaban J connectivity index is 2.20. The fraction of sp³-hybridized carbons (Fsp3) is 0.316. The molecule has 0 aliphatic heterocycles. The number of amides is 1. The van der Waals surface area contributed by atoms with Crippen LogP contribution in [0.15, 0.2) is 36.4 Å². The molecule has 0 saturated carbocycles. The molecule has 3 rings (SSSR count). The molecule has 25 heavy (non-hydrogen) atoms. The third-order valence-electron chi connectivity index (χ3n) is 4.25. The van der Waals surface area contributed by atoms with E-state index in [4.69, 9.17) is 10.7 Å². The molecule has 6 heteroatoms. The predicted octanol–water partition coefficient (Wildman–Crippen LogP) is 2.41. The molecule has 0 radical (unpaired) electrons. The molecule has 0 bridgehead atoms. The summed E-state index contributed by atoms with van der Waals surface area (Å²) in [5.41, 5.74) is 9.00. The van der Waals surface area contributed by atoms with Crippen molar-refractivity contribution in [2.45, 2.75) is 26.3 Å². The lowest BCUT2D eigenvalue weighted by atomic mass is 10.0. The molecule has 2 aromatic heterocycles. The van der Waals surface area contributed by atoms with Gasteiger partial charge >= 0.3 is 0 Å². The van der Waals surface area contributed by atoms with Crippen molar-refractivity contribution < 1.29 is 4.79 Å². The van der Waals surface area contributed by atoms with Crippen molar-refractivity contribution in [3.63, 3.8) is 0 Å². The summed E-state index contributed by atoms with van der Waals surface area (Å²) >= 11 is 0. The van der Waals surface area contributed by atoms with Gasteiger partial charge in [0.05, 0.1) is 22.3 Å². The summed E-state index contributed by atoms with van der Waals surface area (Å²) < 4.78 is 1.71. The van der Waals surface area contributed by atoms with Gasteiger partial charge in [-0.1, -0.05) is 30.3 Å². The van der Waals surface area contributed by atoms with Crippen molar-refractivity contribution in [1.29, 1.82) is 0 Å². The van der Waals surface area contributed by atoms with Crippen molar-refractivity contribution >= 4 is 16.9 Å². The summed E-state index contributed by atoms with van der Waals surface area (Å²) in [4.78, 5) is 17.7. The van der Waals surface area contributed by atoms with Crippen LogP contribution in [0.2, 0.25) is 0 Å². The van der Waals surface area contributed by atoms with Gasteiger partial charge in [-0.3, -0.25) is 9.48 Å². The summed E-state index contributed by atoms with van der Waals surface area (Å²) in [6.07, 6.45) is 0. The molecule has 0 atom stereocenters. The van der Waals surface area contributed by atoms with Crippen LogP contribution in [-0.2, 0) is 7.05 Å². The van der Waals surface area contributed by atoms with E-state index >= 15 is 0 Å². The zero-order valence-corrected chi connectivity index (χ0v) is 15.0. The molecule has 0 fully saturated rings. The maximum atomic E-state index is 12.9. The van der Waals surface area contributed by atoms with Crippen LogP contribution in [-0.4, -0.2) is 32.8 Å². The smallest absolute Gasteiger partial charge is 0.252 e. The second kappa shape index (κ2) is 6.29. The second-order valence-electron chi connectivity index (χ2n) is 6.87. The van der Waals surface area contributed by atoms with E-state index in [1.807, 2.05) is 64.2 Å². The SMILES string of the molecule is Cc1nn(C)c2nc(-c3ccccc3)cc(C(=O)NC(C)(C)CN)c12. The lowest BCUT2D eigenvalue weighted by molar-refractivity contribution is 0.0917. The van der Waals surface area contributed by atoms with Gasteiger partial charge in [0, 0.05) is 24.7 Å². The van der Waals surface area contributed by atoms with Crippen molar-refractivity contribution in [3.8, 4) is 11.3 Å². The molecule has 3 aromatic rings. The van der Waals surface area contributed by atoms with E-state index in [1.54, 1.807) is 4.68 Å². The first-order valence-corrected chi connectivity index (χ1v) is 8.25. The van der Waals surface area contributed by atoms with Crippen LogP contribution in [0.3, 0.4) is 0 Å². The lowest BCUT2D eigenvalue weighted by Gasteiger charge is -2.24. The molecule has 0 spiro atoms. The molecule has 2 heterocycles. The summed E-state index contributed by atoms with van der Waals surface area (Å²) in [7, 11) is 1.84. The number of nitrogens with one attached hydrogen (secondary N) is 1. The molecule has 0 unspecified atom stereocenters. The Labute approximate surface area is 147 Å². The number of hydrogen-bond donors (Lipinski definition) is 2. The molecule has 130 valence electrons. The van der Waals surface area contributed by atoms with Gasteiger partial charge in [0.1, 0.15) is 0 Å². The highest BCUT2D eigenvalue weighted by Crippen LogP contribution is 2.27. The quantitative estimate of drug-likeness (QED) is 0.765. The number of aryl methyl sites for hydroxylation is 2. The Morgan fingerprint density at radius 3 is 2.60 bits per heavy atom. The fourth-order valence-corrected chi connectivity index (χ4v) is 2.81. The minimum absolute atomic E-state index is 0.170. The van der Waals surface area contributed by atoms with Crippen LogP contribution in [0.5, 0.6) is 0 Å². The minimum atomic E-state index is -0.490. The number of carbonyl (C=O) groups is 1. The van der Waals surface area contributed by atoms with Crippen LogP contribution in [0.25, 0.3) is 22.3 Å². The molecular weight excluding hydrogens is 314 g/mol. The average Bonchev–Trinajstić information content (AvgIpc) is 2.89. The van der Waals surface area contributed by atoms with Gasteiger partial charge in [0.2, 0.25) is 0 Å². The van der Waals surface area contributed by atoms with E-state index in [0.717, 1.165) is 22.3 Å². The normalized spacial score (nSPS) is 11.7. The summed E-state index contributed by atoms with van der Waals surface area (Å²) in [6.45, 7) is 6.04. The molecule has 6 nitrogen and oxygen atoms in total. The molecule has 0 saturated heterocycles. The second-order valence-corrected chi connectivity index (χ2v) is 6.87. The molecule has 1 aromatic carbocycles. The zero-order chi connectivity index (χ0) is 18.2. The largest absolute Gasteiger partial charge is 0.346 e. The number of rotatable bonds is 4. The molecule has 0 aliphatic carbocycles. The van der Waals surface area contributed by atoms with Crippen LogP contribution in [0, 0.1) is 6.92 Å². The van der Waals surface area contributed by atoms with Crippen molar-refractivity contribution in [1.82, 2.24) is 20.1 Å². The van der Waals surface area contributed by atoms with Gasteiger partial charge in [-0.25, -0.2) is 4.98 Å². The molecule has 3 N–H and O–H groups in total. The maximum absolute atomic E-state index is 12.9. The highest BCUT2D eigenvalue weighted by molar-refractivity contribution is 6.07. The van der Waals surface area contributed by atoms with Gasteiger partial charge in [-0.2, -0.15) is 5.10 Å². The van der Waals surface area contributed by atoms with Gasteiger partial charge in [-0.05, 0) is 26.8 Å². The number of hydrogen-bond acceptors (Lipinski definition) is 4. The van der Waals surface area contributed by atoms with Gasteiger partial charge in [0.15, 0.2) is 5.65 Å². The van der Waals surface area contributed by atoms with Crippen molar-refractivity contribution in [3.05, 3.63) is 47.7 Å². The van der Waals surface area contributed by atoms with E-state index in [1.165, 1.54) is 0 Å². The standard InChI is InChI=1S/C19H23N5O/c1-12-16-14(18(25)22-19(2,3)11-20)10-15(13-8-6-5-7-9-13)21-17(16)24(4)23-12/h5-10H,11,20H2,1-4H3,(H,22,25). The molecule has 0 aliphatic rings. The number of benzene rings is 1. The van der Waals surface area contributed by atoms with Crippen molar-refractivity contribution in [2.24, 2.45) is 12.8 Å². The van der Waals surface area contributed by atoms with Crippen molar-refractivity contribution in [2.75, 3.05) is 6.54 Å². The number of aromatic nitrogens is 3. The third-order valence-corrected chi connectivity index (χ3v) is 4.25. The highest BCUT2D eigenvalue weighted by atomic mass is 16.1. The van der Waals surface area contributed by atoms with E-state index in [9.17, 15) is 4.79 Å². The first-order valence-electron chi connectivity index (χ1n) is 8.25.